The minimum Gasteiger partial charge on any atom is -0.507 e. The smallest absolute Gasteiger partial charge is 0.124 e. The number of phenolic OH excluding ortho intramolecular Hbond substituents is 1. The van der Waals surface area contributed by atoms with E-state index < -0.39 is 0 Å². The van der Waals surface area contributed by atoms with Crippen molar-refractivity contribution in [2.45, 2.75) is 71.3 Å². The van der Waals surface area contributed by atoms with Gasteiger partial charge in [-0.3, -0.25) is 0 Å². The summed E-state index contributed by atoms with van der Waals surface area (Å²) in [6.07, 6.45) is 2.37. The highest BCUT2D eigenvalue weighted by Crippen LogP contribution is 2.46. The van der Waals surface area contributed by atoms with Gasteiger partial charge in [-0.1, -0.05) is 47.6 Å². The van der Waals surface area contributed by atoms with Gasteiger partial charge in [0.05, 0.1) is 0 Å². The minimum atomic E-state index is -0.0800. The molecule has 1 aliphatic rings. The molecule has 2 heteroatoms. The van der Waals surface area contributed by atoms with Crippen molar-refractivity contribution in [2.75, 3.05) is 0 Å². The van der Waals surface area contributed by atoms with E-state index in [1.807, 2.05) is 0 Å². The minimum absolute atomic E-state index is 0.0293. The van der Waals surface area contributed by atoms with E-state index in [2.05, 4.69) is 53.7 Å². The van der Waals surface area contributed by atoms with E-state index in [0.29, 0.717) is 11.7 Å². The van der Waals surface area contributed by atoms with Crippen LogP contribution in [0.3, 0.4) is 0 Å². The van der Waals surface area contributed by atoms with E-state index in [1.165, 1.54) is 18.4 Å². The third-order valence-electron chi connectivity index (χ3n) is 4.30. The first-order valence-corrected chi connectivity index (χ1v) is 7.65. The maximum absolute atomic E-state index is 10.7. The van der Waals surface area contributed by atoms with Crippen LogP contribution in [0.15, 0.2) is 12.1 Å². The van der Waals surface area contributed by atoms with Crippen molar-refractivity contribution in [3.8, 4) is 5.75 Å². The topological polar surface area (TPSA) is 46.2 Å². The van der Waals surface area contributed by atoms with E-state index in [9.17, 15) is 5.11 Å². The lowest BCUT2D eigenvalue weighted by molar-refractivity contribution is 0.428. The van der Waals surface area contributed by atoms with Crippen molar-refractivity contribution in [1.29, 1.82) is 0 Å². The number of hydrogen-bond donors (Lipinski definition) is 2. The van der Waals surface area contributed by atoms with Gasteiger partial charge in [-0.05, 0) is 46.8 Å². The van der Waals surface area contributed by atoms with Crippen molar-refractivity contribution < 1.29 is 5.11 Å². The third-order valence-corrected chi connectivity index (χ3v) is 4.30. The molecule has 0 bridgehead atoms. The first-order chi connectivity index (χ1) is 9.01. The van der Waals surface area contributed by atoms with Crippen LogP contribution in [0.5, 0.6) is 5.75 Å². The van der Waals surface area contributed by atoms with E-state index in [0.717, 1.165) is 11.1 Å². The van der Waals surface area contributed by atoms with Gasteiger partial charge in [-0.15, -0.1) is 0 Å². The Morgan fingerprint density at radius 1 is 1.05 bits per heavy atom. The van der Waals surface area contributed by atoms with Crippen molar-refractivity contribution in [3.05, 3.63) is 28.8 Å². The summed E-state index contributed by atoms with van der Waals surface area (Å²) in [4.78, 5) is 0. The molecule has 2 rings (SSSR count). The van der Waals surface area contributed by atoms with Crippen LogP contribution in [0, 0.1) is 5.92 Å². The zero-order chi connectivity index (χ0) is 15.3. The molecule has 0 aliphatic heterocycles. The van der Waals surface area contributed by atoms with Crippen LogP contribution in [0.25, 0.3) is 0 Å². The predicted molar refractivity (Wildman–Crippen MR) is 85.2 cm³/mol. The highest BCUT2D eigenvalue weighted by molar-refractivity contribution is 5.50. The molecule has 1 atom stereocenters. The molecule has 1 saturated carbocycles. The number of nitrogens with two attached hydrogens (primary N) is 1. The zero-order valence-electron chi connectivity index (χ0n) is 13.7. The highest BCUT2D eigenvalue weighted by Gasteiger charge is 2.34. The van der Waals surface area contributed by atoms with Crippen LogP contribution in [0.2, 0.25) is 0 Å². The maximum atomic E-state index is 10.7. The molecule has 0 heterocycles. The molecule has 1 aromatic rings. The Hall–Kier alpha value is -1.02. The second-order valence-corrected chi connectivity index (χ2v) is 8.32. The van der Waals surface area contributed by atoms with Gasteiger partial charge in [-0.25, -0.2) is 0 Å². The lowest BCUT2D eigenvalue weighted by Crippen LogP contribution is -2.20. The molecule has 1 fully saturated rings. The van der Waals surface area contributed by atoms with Crippen molar-refractivity contribution >= 4 is 0 Å². The molecular weight excluding hydrogens is 246 g/mol. The fourth-order valence-electron chi connectivity index (χ4n) is 2.63. The van der Waals surface area contributed by atoms with Crippen molar-refractivity contribution in [3.63, 3.8) is 0 Å². The molecule has 0 radical (unpaired) electrons. The first-order valence-electron chi connectivity index (χ1n) is 7.65. The molecule has 1 aromatic carbocycles. The Kier molecular flexibility index (Phi) is 3.66. The average molecular weight is 275 g/mol. The summed E-state index contributed by atoms with van der Waals surface area (Å²) in [6, 6.07) is 4.24. The van der Waals surface area contributed by atoms with Crippen LogP contribution < -0.4 is 5.73 Å². The zero-order valence-corrected chi connectivity index (χ0v) is 13.7. The molecule has 3 N–H and O–H groups in total. The van der Waals surface area contributed by atoms with Gasteiger partial charge in [0.15, 0.2) is 0 Å². The standard InChI is InChI=1S/C18H29NO/c1-17(2,3)12-9-13(15(19)11-7-8-11)16(20)14(10-12)18(4,5)6/h9-11,15,20H,7-8,19H2,1-6H3/t15-/m0/s1. The van der Waals surface area contributed by atoms with E-state index >= 15 is 0 Å². The van der Waals surface area contributed by atoms with Gasteiger partial charge in [0, 0.05) is 11.6 Å². The van der Waals surface area contributed by atoms with E-state index in [4.69, 9.17) is 5.73 Å². The van der Waals surface area contributed by atoms with Gasteiger partial charge in [-0.2, -0.15) is 0 Å². The van der Waals surface area contributed by atoms with Crippen LogP contribution in [0.4, 0.5) is 0 Å². The summed E-state index contributed by atoms with van der Waals surface area (Å²) in [6.45, 7) is 13.0. The Balaban J connectivity index is 2.60. The number of hydrogen-bond acceptors (Lipinski definition) is 2. The third kappa shape index (κ3) is 3.01. The van der Waals surface area contributed by atoms with Crippen LogP contribution >= 0.6 is 0 Å². The van der Waals surface area contributed by atoms with E-state index in [1.54, 1.807) is 0 Å². The van der Waals surface area contributed by atoms with Crippen LogP contribution in [-0.4, -0.2) is 5.11 Å². The number of rotatable bonds is 2. The second kappa shape index (κ2) is 4.77. The Labute approximate surface area is 123 Å². The number of benzene rings is 1. The van der Waals surface area contributed by atoms with Crippen molar-refractivity contribution in [2.24, 2.45) is 11.7 Å². The number of phenols is 1. The molecule has 20 heavy (non-hydrogen) atoms. The van der Waals surface area contributed by atoms with Crippen LogP contribution in [-0.2, 0) is 10.8 Å². The van der Waals surface area contributed by atoms with Crippen molar-refractivity contribution in [1.82, 2.24) is 0 Å². The summed E-state index contributed by atoms with van der Waals surface area (Å²) in [5.74, 6) is 0.953. The van der Waals surface area contributed by atoms with Gasteiger partial charge >= 0.3 is 0 Å². The Morgan fingerprint density at radius 3 is 2.00 bits per heavy atom. The monoisotopic (exact) mass is 275 g/mol. The SMILES string of the molecule is CC(C)(C)c1cc([C@@H](N)C2CC2)c(O)c(C(C)(C)C)c1. The normalized spacial score (nSPS) is 18.1. The summed E-state index contributed by atoms with van der Waals surface area (Å²) in [5.41, 5.74) is 9.55. The molecule has 0 aromatic heterocycles. The molecular formula is C18H29NO. The first kappa shape index (κ1) is 15.4. The van der Waals surface area contributed by atoms with Crippen LogP contribution in [0.1, 0.15) is 77.1 Å². The van der Waals surface area contributed by atoms with E-state index in [-0.39, 0.29) is 16.9 Å². The molecule has 0 spiro atoms. The fraction of sp³-hybridized carbons (Fsp3) is 0.667. The van der Waals surface area contributed by atoms with Gasteiger partial charge in [0.2, 0.25) is 0 Å². The predicted octanol–water partition coefficient (Wildman–Crippen LogP) is 4.40. The molecule has 0 saturated heterocycles. The molecule has 112 valence electrons. The van der Waals surface area contributed by atoms with Gasteiger partial charge in [0.1, 0.15) is 5.75 Å². The largest absolute Gasteiger partial charge is 0.507 e. The molecule has 0 amide bonds. The van der Waals surface area contributed by atoms with Gasteiger partial charge in [0.25, 0.3) is 0 Å². The Morgan fingerprint density at radius 2 is 1.60 bits per heavy atom. The summed E-state index contributed by atoms with van der Waals surface area (Å²) < 4.78 is 0. The molecule has 1 aliphatic carbocycles. The highest BCUT2D eigenvalue weighted by atomic mass is 16.3. The second-order valence-electron chi connectivity index (χ2n) is 8.32. The average Bonchev–Trinajstić information content (AvgIpc) is 3.08. The molecule has 2 nitrogen and oxygen atoms in total. The lowest BCUT2D eigenvalue weighted by atomic mass is 9.78. The number of aromatic hydroxyl groups is 1. The summed E-state index contributed by atoms with van der Waals surface area (Å²) in [5, 5.41) is 10.7. The quantitative estimate of drug-likeness (QED) is 0.840. The van der Waals surface area contributed by atoms with Gasteiger partial charge < -0.3 is 10.8 Å². The summed E-state index contributed by atoms with van der Waals surface area (Å²) >= 11 is 0. The Bertz CT molecular complexity index is 501. The summed E-state index contributed by atoms with van der Waals surface area (Å²) in [7, 11) is 0. The fourth-order valence-corrected chi connectivity index (χ4v) is 2.63. The maximum Gasteiger partial charge on any atom is 0.124 e. The molecule has 0 unspecified atom stereocenters. The lowest BCUT2D eigenvalue weighted by Gasteiger charge is -2.29.